The third-order valence-corrected chi connectivity index (χ3v) is 3.82. The summed E-state index contributed by atoms with van der Waals surface area (Å²) >= 11 is 0. The zero-order valence-electron chi connectivity index (χ0n) is 10.6. The molecule has 2 heterocycles. The Hall–Kier alpha value is -0.120. The molecule has 2 fully saturated rings. The number of nitrogens with zero attached hydrogens (tertiary/aromatic N) is 1. The molecular formula is C13H26N2O. The largest absolute Gasteiger partial charge is 0.377 e. The number of nitrogens with one attached hydrogen (secondary N) is 1. The molecule has 16 heavy (non-hydrogen) atoms. The Kier molecular flexibility index (Phi) is 5.07. The van der Waals surface area contributed by atoms with E-state index < -0.39 is 0 Å². The van der Waals surface area contributed by atoms with Gasteiger partial charge in [0.05, 0.1) is 6.10 Å². The van der Waals surface area contributed by atoms with Crippen molar-refractivity contribution in [2.75, 3.05) is 32.8 Å². The lowest BCUT2D eigenvalue weighted by Crippen LogP contribution is -2.45. The lowest BCUT2D eigenvalue weighted by atomic mass is 10.0. The molecule has 0 amide bonds. The van der Waals surface area contributed by atoms with Crippen LogP contribution in [-0.4, -0.2) is 49.8 Å². The molecule has 1 unspecified atom stereocenters. The van der Waals surface area contributed by atoms with Crippen molar-refractivity contribution >= 4 is 0 Å². The van der Waals surface area contributed by atoms with Crippen LogP contribution in [0.1, 0.15) is 39.0 Å². The van der Waals surface area contributed by atoms with E-state index in [0.29, 0.717) is 6.10 Å². The van der Waals surface area contributed by atoms with Gasteiger partial charge in [0, 0.05) is 19.2 Å². The second kappa shape index (κ2) is 6.58. The van der Waals surface area contributed by atoms with Crippen LogP contribution in [0.15, 0.2) is 0 Å². The molecule has 2 aliphatic rings. The molecule has 94 valence electrons. The second-order valence-corrected chi connectivity index (χ2v) is 5.12. The highest BCUT2D eigenvalue weighted by Crippen LogP contribution is 2.16. The van der Waals surface area contributed by atoms with Crippen molar-refractivity contribution in [3.8, 4) is 0 Å². The lowest BCUT2D eigenvalue weighted by Gasteiger charge is -2.35. The number of hydrogen-bond donors (Lipinski definition) is 1. The molecule has 0 spiro atoms. The molecule has 3 heteroatoms. The Morgan fingerprint density at radius 2 is 2.00 bits per heavy atom. The first-order chi connectivity index (χ1) is 7.88. The summed E-state index contributed by atoms with van der Waals surface area (Å²) in [6, 6.07) is 0.758. The second-order valence-electron chi connectivity index (χ2n) is 5.12. The van der Waals surface area contributed by atoms with E-state index in [1.807, 2.05) is 0 Å². The maximum absolute atomic E-state index is 5.80. The van der Waals surface area contributed by atoms with Crippen molar-refractivity contribution in [1.29, 1.82) is 0 Å². The van der Waals surface area contributed by atoms with Crippen LogP contribution in [0.4, 0.5) is 0 Å². The van der Waals surface area contributed by atoms with E-state index in [9.17, 15) is 0 Å². The van der Waals surface area contributed by atoms with Gasteiger partial charge in [-0.15, -0.1) is 0 Å². The minimum atomic E-state index is 0.518. The minimum absolute atomic E-state index is 0.518. The summed E-state index contributed by atoms with van der Waals surface area (Å²) in [7, 11) is 0. The average Bonchev–Trinajstić information content (AvgIpc) is 2.33. The van der Waals surface area contributed by atoms with Crippen LogP contribution in [0.25, 0.3) is 0 Å². The van der Waals surface area contributed by atoms with Gasteiger partial charge in [-0.2, -0.15) is 0 Å². The molecule has 2 saturated heterocycles. The molecule has 0 aliphatic carbocycles. The van der Waals surface area contributed by atoms with E-state index in [4.69, 9.17) is 4.74 Å². The van der Waals surface area contributed by atoms with E-state index in [1.54, 1.807) is 0 Å². The number of rotatable bonds is 4. The first kappa shape index (κ1) is 12.3. The third-order valence-electron chi connectivity index (χ3n) is 3.82. The first-order valence-electron chi connectivity index (χ1n) is 6.96. The highest BCUT2D eigenvalue weighted by molar-refractivity contribution is 4.79. The van der Waals surface area contributed by atoms with E-state index >= 15 is 0 Å². The van der Waals surface area contributed by atoms with Crippen molar-refractivity contribution in [2.24, 2.45) is 0 Å². The van der Waals surface area contributed by atoms with Crippen LogP contribution in [0.3, 0.4) is 0 Å². The predicted octanol–water partition coefficient (Wildman–Crippen LogP) is 1.63. The molecule has 0 radical (unpaired) electrons. The molecule has 1 N–H and O–H groups in total. The number of ether oxygens (including phenoxy) is 1. The van der Waals surface area contributed by atoms with E-state index in [0.717, 1.165) is 19.2 Å². The number of likely N-dealkylation sites (tertiary alicyclic amines) is 1. The van der Waals surface area contributed by atoms with Gasteiger partial charge in [0.2, 0.25) is 0 Å². The van der Waals surface area contributed by atoms with Gasteiger partial charge in [-0.1, -0.05) is 6.92 Å². The average molecular weight is 226 g/mol. The van der Waals surface area contributed by atoms with Crippen molar-refractivity contribution < 1.29 is 4.74 Å². The molecule has 0 aromatic rings. The fourth-order valence-corrected chi connectivity index (χ4v) is 2.85. The van der Waals surface area contributed by atoms with Crippen molar-refractivity contribution in [1.82, 2.24) is 10.2 Å². The highest BCUT2D eigenvalue weighted by Gasteiger charge is 2.22. The Morgan fingerprint density at radius 1 is 1.19 bits per heavy atom. The van der Waals surface area contributed by atoms with Crippen molar-refractivity contribution in [3.05, 3.63) is 0 Å². The fourth-order valence-electron chi connectivity index (χ4n) is 2.85. The molecule has 0 bridgehead atoms. The maximum atomic E-state index is 5.80. The number of hydrogen-bond acceptors (Lipinski definition) is 3. The lowest BCUT2D eigenvalue weighted by molar-refractivity contribution is -0.00998. The molecule has 0 aromatic heterocycles. The van der Waals surface area contributed by atoms with Crippen LogP contribution in [-0.2, 0) is 4.74 Å². The van der Waals surface area contributed by atoms with Gasteiger partial charge in [0.25, 0.3) is 0 Å². The molecule has 0 saturated carbocycles. The summed E-state index contributed by atoms with van der Waals surface area (Å²) in [5, 5.41) is 3.55. The van der Waals surface area contributed by atoms with Crippen LogP contribution < -0.4 is 5.32 Å². The Balaban J connectivity index is 1.64. The summed E-state index contributed by atoms with van der Waals surface area (Å²) in [6.45, 7) is 7.95. The molecule has 2 rings (SSSR count). The van der Waals surface area contributed by atoms with Crippen molar-refractivity contribution in [2.45, 2.75) is 51.2 Å². The summed E-state index contributed by atoms with van der Waals surface area (Å²) in [5.74, 6) is 0. The summed E-state index contributed by atoms with van der Waals surface area (Å²) in [4.78, 5) is 2.59. The van der Waals surface area contributed by atoms with Gasteiger partial charge < -0.3 is 15.0 Å². The quantitative estimate of drug-likeness (QED) is 0.788. The molecule has 1 atom stereocenters. The molecule has 3 nitrogen and oxygen atoms in total. The Bertz CT molecular complexity index is 184. The molecule has 0 aromatic carbocycles. The molecule has 2 aliphatic heterocycles. The maximum Gasteiger partial charge on any atom is 0.0702 e. The summed E-state index contributed by atoms with van der Waals surface area (Å²) in [6.07, 6.45) is 7.02. The zero-order chi connectivity index (χ0) is 11.2. The normalized spacial score (nSPS) is 29.4. The Morgan fingerprint density at radius 3 is 2.62 bits per heavy atom. The topological polar surface area (TPSA) is 24.5 Å². The van der Waals surface area contributed by atoms with Crippen LogP contribution >= 0.6 is 0 Å². The van der Waals surface area contributed by atoms with Gasteiger partial charge in [0.1, 0.15) is 0 Å². The Labute approximate surface area is 99.5 Å². The van der Waals surface area contributed by atoms with Crippen molar-refractivity contribution in [3.63, 3.8) is 0 Å². The van der Waals surface area contributed by atoms with Gasteiger partial charge in [-0.3, -0.25) is 0 Å². The molecular weight excluding hydrogens is 200 g/mol. The van der Waals surface area contributed by atoms with Crippen LogP contribution in [0, 0.1) is 0 Å². The summed E-state index contributed by atoms with van der Waals surface area (Å²) < 4.78 is 5.80. The zero-order valence-corrected chi connectivity index (χ0v) is 10.6. The monoisotopic (exact) mass is 226 g/mol. The number of piperidine rings is 1. The van der Waals surface area contributed by atoms with E-state index in [2.05, 4.69) is 17.1 Å². The van der Waals surface area contributed by atoms with Crippen LogP contribution in [0.5, 0.6) is 0 Å². The van der Waals surface area contributed by atoms with Crippen LogP contribution in [0.2, 0.25) is 0 Å². The first-order valence-corrected chi connectivity index (χ1v) is 6.96. The fraction of sp³-hybridized carbons (Fsp3) is 1.00. The van der Waals surface area contributed by atoms with E-state index in [-0.39, 0.29) is 0 Å². The standard InChI is InChI=1S/C13H26N2O/c1-2-14-12-6-8-15(9-7-12)11-13-5-3-4-10-16-13/h12-14H,2-11H2,1H3. The van der Waals surface area contributed by atoms with Gasteiger partial charge in [0.15, 0.2) is 0 Å². The van der Waals surface area contributed by atoms with Gasteiger partial charge in [-0.05, 0) is 51.7 Å². The predicted molar refractivity (Wildman–Crippen MR) is 66.7 cm³/mol. The van der Waals surface area contributed by atoms with Gasteiger partial charge in [-0.25, -0.2) is 0 Å². The van der Waals surface area contributed by atoms with Gasteiger partial charge >= 0.3 is 0 Å². The highest BCUT2D eigenvalue weighted by atomic mass is 16.5. The summed E-state index contributed by atoms with van der Waals surface area (Å²) in [5.41, 5.74) is 0. The van der Waals surface area contributed by atoms with E-state index in [1.165, 1.54) is 51.7 Å². The third kappa shape index (κ3) is 3.72. The smallest absolute Gasteiger partial charge is 0.0702 e. The minimum Gasteiger partial charge on any atom is -0.377 e. The SMILES string of the molecule is CCNC1CCN(CC2CCCCO2)CC1.